The molecule has 1 heterocycles. The second kappa shape index (κ2) is 7.15. The van der Waals surface area contributed by atoms with Gasteiger partial charge in [0.05, 0.1) is 16.1 Å². The van der Waals surface area contributed by atoms with E-state index in [4.69, 9.17) is 14.0 Å². The van der Waals surface area contributed by atoms with Crippen LogP contribution in [0.25, 0.3) is 0 Å². The Hall–Kier alpha value is -1.94. The van der Waals surface area contributed by atoms with Crippen molar-refractivity contribution >= 4 is 22.6 Å². The van der Waals surface area contributed by atoms with Crippen LogP contribution in [0.1, 0.15) is 27.7 Å². The summed E-state index contributed by atoms with van der Waals surface area (Å²) in [5.41, 5.74) is -0.787. The topological polar surface area (TPSA) is 73.9 Å². The van der Waals surface area contributed by atoms with E-state index in [9.17, 15) is 12.8 Å². The van der Waals surface area contributed by atoms with Crippen LogP contribution >= 0.6 is 0 Å². The standard InChI is InChI=1S/C19H23BFNO5S/c1-18(2)19(3,4)27-20(26-18)16-12-15(28(23,24)22-5)10-11-17(16)25-14-8-6-13(21)7-9-14/h6-12,22H,1-5H3. The van der Waals surface area contributed by atoms with Crippen LogP contribution in [0.3, 0.4) is 0 Å². The number of ether oxygens (including phenoxy) is 1. The molecule has 150 valence electrons. The Morgan fingerprint density at radius 3 is 2.11 bits per heavy atom. The Morgan fingerprint density at radius 1 is 1.00 bits per heavy atom. The van der Waals surface area contributed by atoms with Gasteiger partial charge in [0.25, 0.3) is 0 Å². The third-order valence-electron chi connectivity index (χ3n) is 5.11. The first-order valence-corrected chi connectivity index (χ1v) is 10.3. The molecular weight excluding hydrogens is 384 g/mol. The van der Waals surface area contributed by atoms with Gasteiger partial charge in [0.1, 0.15) is 17.3 Å². The summed E-state index contributed by atoms with van der Waals surface area (Å²) in [4.78, 5) is 0.0613. The normalized spacial score (nSPS) is 18.3. The summed E-state index contributed by atoms with van der Waals surface area (Å²) in [6.45, 7) is 7.62. The van der Waals surface area contributed by atoms with Gasteiger partial charge in [-0.25, -0.2) is 17.5 Å². The monoisotopic (exact) mass is 407 g/mol. The van der Waals surface area contributed by atoms with Gasteiger partial charge in [-0.05, 0) is 77.2 Å². The number of benzene rings is 2. The van der Waals surface area contributed by atoms with E-state index in [1.807, 2.05) is 27.7 Å². The van der Waals surface area contributed by atoms with Crippen molar-refractivity contribution in [1.29, 1.82) is 0 Å². The second-order valence-corrected chi connectivity index (χ2v) is 9.44. The summed E-state index contributed by atoms with van der Waals surface area (Å²) in [5, 5.41) is 0. The highest BCUT2D eigenvalue weighted by molar-refractivity contribution is 7.89. The molecule has 3 rings (SSSR count). The van der Waals surface area contributed by atoms with Crippen LogP contribution < -0.4 is 14.9 Å². The first-order chi connectivity index (χ1) is 12.9. The van der Waals surface area contributed by atoms with Gasteiger partial charge in [-0.1, -0.05) is 0 Å². The van der Waals surface area contributed by atoms with E-state index in [2.05, 4.69) is 4.72 Å². The van der Waals surface area contributed by atoms with E-state index in [1.165, 1.54) is 49.5 Å². The van der Waals surface area contributed by atoms with Gasteiger partial charge in [-0.3, -0.25) is 0 Å². The average Bonchev–Trinajstić information content (AvgIpc) is 2.84. The third-order valence-corrected chi connectivity index (χ3v) is 6.52. The van der Waals surface area contributed by atoms with Crippen molar-refractivity contribution in [2.24, 2.45) is 0 Å². The molecule has 0 atom stereocenters. The van der Waals surface area contributed by atoms with Gasteiger partial charge in [0.2, 0.25) is 10.0 Å². The summed E-state index contributed by atoms with van der Waals surface area (Å²) >= 11 is 0. The molecule has 0 unspecified atom stereocenters. The molecule has 0 amide bonds. The number of hydrogen-bond acceptors (Lipinski definition) is 5. The third kappa shape index (κ3) is 3.93. The molecule has 2 aromatic carbocycles. The molecule has 0 radical (unpaired) electrons. The van der Waals surface area contributed by atoms with Crippen LogP contribution in [0.2, 0.25) is 0 Å². The first kappa shape index (κ1) is 20.8. The van der Waals surface area contributed by atoms with E-state index < -0.39 is 28.3 Å². The van der Waals surface area contributed by atoms with Crippen LogP contribution in [-0.2, 0) is 19.3 Å². The zero-order valence-corrected chi connectivity index (χ0v) is 17.3. The van der Waals surface area contributed by atoms with Crippen LogP contribution in [0.5, 0.6) is 11.5 Å². The number of nitrogens with one attached hydrogen (secondary N) is 1. The van der Waals surface area contributed by atoms with E-state index in [0.717, 1.165) is 0 Å². The Bertz CT molecular complexity index is 960. The number of rotatable bonds is 5. The van der Waals surface area contributed by atoms with Crippen LogP contribution in [0.15, 0.2) is 47.4 Å². The highest BCUT2D eigenvalue weighted by Crippen LogP contribution is 2.37. The summed E-state index contributed by atoms with van der Waals surface area (Å²) in [6.07, 6.45) is 0. The minimum atomic E-state index is -3.67. The Morgan fingerprint density at radius 2 is 1.57 bits per heavy atom. The van der Waals surface area contributed by atoms with Crippen molar-refractivity contribution in [2.75, 3.05) is 7.05 Å². The summed E-state index contributed by atoms with van der Waals surface area (Å²) in [6, 6.07) is 9.97. The Labute approximate surface area is 165 Å². The molecule has 0 spiro atoms. The van der Waals surface area contributed by atoms with Gasteiger partial charge in [-0.2, -0.15) is 0 Å². The molecule has 0 bridgehead atoms. The highest BCUT2D eigenvalue weighted by Gasteiger charge is 2.52. The molecule has 2 aromatic rings. The van der Waals surface area contributed by atoms with E-state index in [-0.39, 0.29) is 10.7 Å². The molecule has 6 nitrogen and oxygen atoms in total. The van der Waals surface area contributed by atoms with Crippen molar-refractivity contribution < 1.29 is 26.9 Å². The lowest BCUT2D eigenvalue weighted by Gasteiger charge is -2.32. The van der Waals surface area contributed by atoms with Crippen LogP contribution in [0, 0.1) is 5.82 Å². The van der Waals surface area contributed by atoms with Gasteiger partial charge < -0.3 is 14.0 Å². The van der Waals surface area contributed by atoms with E-state index >= 15 is 0 Å². The Kier molecular flexibility index (Phi) is 5.31. The van der Waals surface area contributed by atoms with Crippen LogP contribution in [-0.4, -0.2) is 33.8 Å². The van der Waals surface area contributed by atoms with Crippen LogP contribution in [0.4, 0.5) is 4.39 Å². The van der Waals surface area contributed by atoms with Crippen molar-refractivity contribution in [3.05, 3.63) is 48.3 Å². The van der Waals surface area contributed by atoms with Crippen molar-refractivity contribution in [3.63, 3.8) is 0 Å². The van der Waals surface area contributed by atoms with Gasteiger partial charge in [0, 0.05) is 5.46 Å². The molecule has 1 fully saturated rings. The lowest BCUT2D eigenvalue weighted by molar-refractivity contribution is 0.00578. The zero-order valence-electron chi connectivity index (χ0n) is 16.4. The summed E-state index contributed by atoms with van der Waals surface area (Å²) < 4.78 is 58.0. The quantitative estimate of drug-likeness (QED) is 0.772. The molecular formula is C19H23BFNO5S. The van der Waals surface area contributed by atoms with Crippen molar-refractivity contribution in [3.8, 4) is 11.5 Å². The van der Waals surface area contributed by atoms with Gasteiger partial charge >= 0.3 is 7.12 Å². The molecule has 0 aliphatic carbocycles. The van der Waals surface area contributed by atoms with E-state index in [0.29, 0.717) is 17.0 Å². The molecule has 1 N–H and O–H groups in total. The molecule has 1 saturated heterocycles. The lowest BCUT2D eigenvalue weighted by Crippen LogP contribution is -2.41. The summed E-state index contributed by atoms with van der Waals surface area (Å²) in [5.74, 6) is 0.387. The number of halogens is 1. The predicted octanol–water partition coefficient (Wildman–Crippen LogP) is 2.83. The summed E-state index contributed by atoms with van der Waals surface area (Å²) in [7, 11) is -3.16. The average molecular weight is 407 g/mol. The predicted molar refractivity (Wildman–Crippen MR) is 105 cm³/mol. The van der Waals surface area contributed by atoms with Crippen molar-refractivity contribution in [1.82, 2.24) is 4.72 Å². The maximum absolute atomic E-state index is 13.2. The molecule has 0 saturated carbocycles. The minimum absolute atomic E-state index is 0.0613. The minimum Gasteiger partial charge on any atom is -0.458 e. The zero-order chi connectivity index (χ0) is 20.7. The first-order valence-electron chi connectivity index (χ1n) is 8.82. The Balaban J connectivity index is 2.06. The highest BCUT2D eigenvalue weighted by atomic mass is 32.2. The van der Waals surface area contributed by atoms with Crippen molar-refractivity contribution in [2.45, 2.75) is 43.8 Å². The number of sulfonamides is 1. The molecule has 28 heavy (non-hydrogen) atoms. The maximum atomic E-state index is 13.2. The molecule has 1 aliphatic rings. The number of hydrogen-bond donors (Lipinski definition) is 1. The lowest BCUT2D eigenvalue weighted by atomic mass is 9.78. The largest absolute Gasteiger partial charge is 0.498 e. The smallest absolute Gasteiger partial charge is 0.458 e. The molecule has 9 heteroatoms. The SMILES string of the molecule is CNS(=O)(=O)c1ccc(Oc2ccc(F)cc2)c(B2OC(C)(C)C(C)(C)O2)c1. The molecule has 0 aromatic heterocycles. The second-order valence-electron chi connectivity index (χ2n) is 7.55. The fourth-order valence-corrected chi connectivity index (χ4v) is 3.45. The molecule has 1 aliphatic heterocycles. The van der Waals surface area contributed by atoms with Gasteiger partial charge in [-0.15, -0.1) is 0 Å². The maximum Gasteiger partial charge on any atom is 0.498 e. The fraction of sp³-hybridized carbons (Fsp3) is 0.368. The van der Waals surface area contributed by atoms with E-state index in [1.54, 1.807) is 0 Å². The van der Waals surface area contributed by atoms with Gasteiger partial charge in [0.15, 0.2) is 0 Å². The fourth-order valence-electron chi connectivity index (χ4n) is 2.69.